The molecule has 5 rings (SSSR count). The Morgan fingerprint density at radius 3 is 2.41 bits per heavy atom. The lowest BCUT2D eigenvalue weighted by molar-refractivity contribution is 0.102. The highest BCUT2D eigenvalue weighted by Crippen LogP contribution is 2.29. The van der Waals surface area contributed by atoms with Gasteiger partial charge in [-0.1, -0.05) is 42.0 Å². The van der Waals surface area contributed by atoms with Crippen LogP contribution in [0.2, 0.25) is 0 Å². The van der Waals surface area contributed by atoms with Gasteiger partial charge in [-0.05, 0) is 68.1 Å². The predicted octanol–water partition coefficient (Wildman–Crippen LogP) is 5.56. The van der Waals surface area contributed by atoms with E-state index in [1.165, 1.54) is 16.7 Å². The van der Waals surface area contributed by atoms with Gasteiger partial charge in [-0.2, -0.15) is 5.10 Å². The number of rotatable bonds is 5. The Bertz CT molecular complexity index is 1490. The Morgan fingerprint density at radius 1 is 0.941 bits per heavy atom. The maximum absolute atomic E-state index is 13.1. The fraction of sp³-hybridized carbons (Fsp3) is 0.143. The van der Waals surface area contributed by atoms with E-state index >= 15 is 0 Å². The van der Waals surface area contributed by atoms with Crippen molar-refractivity contribution in [2.75, 3.05) is 5.32 Å². The van der Waals surface area contributed by atoms with Crippen molar-refractivity contribution in [1.29, 1.82) is 0 Å². The third kappa shape index (κ3) is 4.18. The Hall–Kier alpha value is -4.32. The Morgan fingerprint density at radius 2 is 1.68 bits per heavy atom. The summed E-state index contributed by atoms with van der Waals surface area (Å²) < 4.78 is 1.76. The number of amides is 1. The molecule has 1 N–H and O–H groups in total. The van der Waals surface area contributed by atoms with Gasteiger partial charge in [-0.15, -0.1) is 0 Å². The molecule has 168 valence electrons. The molecule has 6 heteroatoms. The van der Waals surface area contributed by atoms with Gasteiger partial charge in [0.15, 0.2) is 5.65 Å². The normalized spacial score (nSPS) is 11.0. The molecular weight excluding hydrogens is 422 g/mol. The molecule has 0 saturated carbocycles. The number of aromatic nitrogens is 4. The smallest absolute Gasteiger partial charge is 0.259 e. The highest BCUT2D eigenvalue weighted by atomic mass is 16.1. The van der Waals surface area contributed by atoms with Gasteiger partial charge in [0.25, 0.3) is 5.91 Å². The third-order valence-corrected chi connectivity index (χ3v) is 5.98. The zero-order chi connectivity index (χ0) is 23.7. The van der Waals surface area contributed by atoms with Gasteiger partial charge in [0.1, 0.15) is 0 Å². The number of benzene rings is 2. The molecule has 0 radical (unpaired) electrons. The van der Waals surface area contributed by atoms with Crippen molar-refractivity contribution in [3.63, 3.8) is 0 Å². The Balaban J connectivity index is 1.39. The van der Waals surface area contributed by atoms with Crippen LogP contribution in [0.4, 0.5) is 5.69 Å². The highest BCUT2D eigenvalue weighted by molar-refractivity contribution is 6.05. The minimum Gasteiger partial charge on any atom is -0.322 e. The van der Waals surface area contributed by atoms with E-state index in [-0.39, 0.29) is 5.91 Å². The van der Waals surface area contributed by atoms with E-state index in [4.69, 9.17) is 0 Å². The van der Waals surface area contributed by atoms with E-state index in [2.05, 4.69) is 45.5 Å². The summed E-state index contributed by atoms with van der Waals surface area (Å²) in [6.07, 6.45) is 6.04. The maximum Gasteiger partial charge on any atom is 0.259 e. The number of anilines is 1. The summed E-state index contributed by atoms with van der Waals surface area (Å²) in [5.74, 6) is -0.209. The number of fused-ring (bicyclic) bond motifs is 1. The largest absolute Gasteiger partial charge is 0.322 e. The van der Waals surface area contributed by atoms with Crippen molar-refractivity contribution < 1.29 is 4.79 Å². The van der Waals surface area contributed by atoms with Crippen LogP contribution in [0.1, 0.15) is 38.4 Å². The number of nitrogens with zero attached hydrogens (tertiary/aromatic N) is 4. The van der Waals surface area contributed by atoms with Crippen molar-refractivity contribution in [3.8, 4) is 11.1 Å². The van der Waals surface area contributed by atoms with Crippen molar-refractivity contribution in [3.05, 3.63) is 113 Å². The summed E-state index contributed by atoms with van der Waals surface area (Å²) in [6.45, 7) is 5.93. The molecule has 2 aromatic carbocycles. The highest BCUT2D eigenvalue weighted by Gasteiger charge is 2.19. The quantitative estimate of drug-likeness (QED) is 0.383. The van der Waals surface area contributed by atoms with E-state index in [0.29, 0.717) is 5.56 Å². The molecule has 0 saturated heterocycles. The van der Waals surface area contributed by atoms with Crippen LogP contribution in [0.15, 0.2) is 79.3 Å². The summed E-state index contributed by atoms with van der Waals surface area (Å²) >= 11 is 0. The van der Waals surface area contributed by atoms with Crippen LogP contribution in [0, 0.1) is 20.8 Å². The molecule has 0 bridgehead atoms. The standard InChI is InChI=1S/C28H25N5O/c1-18-5-4-6-23(15-18)26-19(2)32-33-20(3)25(17-30-27(26)33)28(34)31-24-9-7-21(8-10-24)16-22-11-13-29-14-12-22/h4-15,17H,16H2,1-3H3,(H,31,34). The second kappa shape index (κ2) is 8.90. The average molecular weight is 448 g/mol. The lowest BCUT2D eigenvalue weighted by Crippen LogP contribution is -2.16. The molecular formula is C28H25N5O. The van der Waals surface area contributed by atoms with Crippen LogP contribution in [0.3, 0.4) is 0 Å². The van der Waals surface area contributed by atoms with Gasteiger partial charge in [-0.3, -0.25) is 9.78 Å². The van der Waals surface area contributed by atoms with Crippen molar-refractivity contribution in [2.45, 2.75) is 27.2 Å². The van der Waals surface area contributed by atoms with Crippen LogP contribution in [-0.4, -0.2) is 25.5 Å². The van der Waals surface area contributed by atoms with E-state index in [1.807, 2.05) is 56.3 Å². The van der Waals surface area contributed by atoms with Gasteiger partial charge in [0, 0.05) is 29.8 Å². The van der Waals surface area contributed by atoms with Crippen LogP contribution in [0.5, 0.6) is 0 Å². The number of carbonyl (C=O) groups excluding carboxylic acids is 1. The first-order chi connectivity index (χ1) is 16.5. The van der Waals surface area contributed by atoms with Gasteiger partial charge in [0.2, 0.25) is 0 Å². The molecule has 0 fully saturated rings. The molecule has 0 atom stereocenters. The monoisotopic (exact) mass is 447 g/mol. The molecule has 34 heavy (non-hydrogen) atoms. The van der Waals surface area contributed by atoms with Crippen molar-refractivity contribution >= 4 is 17.2 Å². The summed E-state index contributed by atoms with van der Waals surface area (Å²) in [4.78, 5) is 21.7. The first kappa shape index (κ1) is 21.5. The predicted molar refractivity (Wildman–Crippen MR) is 134 cm³/mol. The summed E-state index contributed by atoms with van der Waals surface area (Å²) in [6, 6.07) is 20.2. The molecule has 3 heterocycles. The van der Waals surface area contributed by atoms with Crippen LogP contribution in [0.25, 0.3) is 16.8 Å². The van der Waals surface area contributed by atoms with Gasteiger partial charge < -0.3 is 5.32 Å². The Labute approximate surface area is 198 Å². The SMILES string of the molecule is Cc1cccc(-c2c(C)nn3c(C)c(C(=O)Nc4ccc(Cc5ccncc5)cc4)cnc23)c1. The molecule has 0 spiro atoms. The fourth-order valence-electron chi connectivity index (χ4n) is 4.20. The van der Waals surface area contributed by atoms with E-state index in [9.17, 15) is 4.79 Å². The maximum atomic E-state index is 13.1. The summed E-state index contributed by atoms with van der Waals surface area (Å²) in [5.41, 5.74) is 9.20. The lowest BCUT2D eigenvalue weighted by Gasteiger charge is -2.10. The lowest BCUT2D eigenvalue weighted by atomic mass is 10.0. The molecule has 5 aromatic rings. The first-order valence-corrected chi connectivity index (χ1v) is 11.2. The number of aryl methyl sites for hydroxylation is 3. The van der Waals surface area contributed by atoms with Gasteiger partial charge >= 0.3 is 0 Å². The van der Waals surface area contributed by atoms with E-state index in [0.717, 1.165) is 40.3 Å². The number of pyridine rings is 1. The second-order valence-corrected chi connectivity index (χ2v) is 8.51. The summed E-state index contributed by atoms with van der Waals surface area (Å²) in [7, 11) is 0. The van der Waals surface area contributed by atoms with Crippen LogP contribution >= 0.6 is 0 Å². The molecule has 0 unspecified atom stereocenters. The number of hydrogen-bond acceptors (Lipinski definition) is 4. The molecule has 0 aliphatic heterocycles. The second-order valence-electron chi connectivity index (χ2n) is 8.51. The van der Waals surface area contributed by atoms with E-state index in [1.54, 1.807) is 23.1 Å². The van der Waals surface area contributed by atoms with Crippen molar-refractivity contribution in [2.24, 2.45) is 0 Å². The Kier molecular flexibility index (Phi) is 5.64. The first-order valence-electron chi connectivity index (χ1n) is 11.2. The zero-order valence-electron chi connectivity index (χ0n) is 19.4. The van der Waals surface area contributed by atoms with Crippen molar-refractivity contribution in [1.82, 2.24) is 19.6 Å². The molecule has 1 amide bonds. The van der Waals surface area contributed by atoms with E-state index < -0.39 is 0 Å². The molecule has 0 aliphatic rings. The molecule has 0 aliphatic carbocycles. The minimum atomic E-state index is -0.209. The van der Waals surface area contributed by atoms with Crippen LogP contribution in [-0.2, 0) is 6.42 Å². The van der Waals surface area contributed by atoms with Gasteiger partial charge in [-0.25, -0.2) is 9.50 Å². The molecule has 3 aromatic heterocycles. The topological polar surface area (TPSA) is 72.2 Å². The average Bonchev–Trinajstić information content (AvgIpc) is 3.18. The summed E-state index contributed by atoms with van der Waals surface area (Å²) in [5, 5.41) is 7.68. The number of hydrogen-bond donors (Lipinski definition) is 1. The van der Waals surface area contributed by atoms with Crippen LogP contribution < -0.4 is 5.32 Å². The minimum absolute atomic E-state index is 0.209. The third-order valence-electron chi connectivity index (χ3n) is 5.98. The zero-order valence-corrected chi connectivity index (χ0v) is 19.4. The number of carbonyl (C=O) groups is 1. The molecule has 6 nitrogen and oxygen atoms in total. The fourth-order valence-corrected chi connectivity index (χ4v) is 4.20. The van der Waals surface area contributed by atoms with Gasteiger partial charge in [0.05, 0.1) is 17.0 Å². The number of nitrogens with one attached hydrogen (secondary N) is 1.